The third kappa shape index (κ3) is 3.25. The number of quaternary nitrogens is 1. The molecule has 0 aromatic heterocycles. The van der Waals surface area contributed by atoms with Crippen molar-refractivity contribution in [1.82, 2.24) is 10.2 Å². The van der Waals surface area contributed by atoms with Gasteiger partial charge in [-0.1, -0.05) is 0 Å². The minimum atomic E-state index is -0.852. The van der Waals surface area contributed by atoms with Gasteiger partial charge in [0.15, 0.2) is 0 Å². The van der Waals surface area contributed by atoms with Gasteiger partial charge in [0, 0.05) is 0 Å². The van der Waals surface area contributed by atoms with Crippen molar-refractivity contribution >= 4 is 11.9 Å². The predicted molar refractivity (Wildman–Crippen MR) is 69.7 cm³/mol. The molecule has 3 amide bonds. The number of rotatable bonds is 4. The fourth-order valence-electron chi connectivity index (χ4n) is 2.85. The summed E-state index contributed by atoms with van der Waals surface area (Å²) >= 11 is 0. The number of imide groups is 1. The second-order valence-corrected chi connectivity index (χ2v) is 6.14. The summed E-state index contributed by atoms with van der Waals surface area (Å²) in [6.07, 6.45) is 3.01. The van der Waals surface area contributed by atoms with E-state index in [9.17, 15) is 14.7 Å². The van der Waals surface area contributed by atoms with Crippen molar-refractivity contribution in [3.8, 4) is 0 Å². The summed E-state index contributed by atoms with van der Waals surface area (Å²) in [6, 6.07) is -0.400. The summed E-state index contributed by atoms with van der Waals surface area (Å²) in [5.74, 6) is -0.259. The molecule has 19 heavy (non-hydrogen) atoms. The molecule has 108 valence electrons. The van der Waals surface area contributed by atoms with Crippen molar-refractivity contribution in [3.05, 3.63) is 0 Å². The molecule has 0 spiro atoms. The van der Waals surface area contributed by atoms with Crippen LogP contribution in [0.2, 0.25) is 0 Å². The van der Waals surface area contributed by atoms with Gasteiger partial charge in [0.25, 0.3) is 5.91 Å². The first-order valence-corrected chi connectivity index (χ1v) is 7.06. The van der Waals surface area contributed by atoms with E-state index in [1.54, 1.807) is 13.8 Å². The van der Waals surface area contributed by atoms with Crippen molar-refractivity contribution in [3.63, 3.8) is 0 Å². The molecule has 0 radical (unpaired) electrons. The highest BCUT2D eigenvalue weighted by molar-refractivity contribution is 6.06. The molecule has 6 nitrogen and oxygen atoms in total. The summed E-state index contributed by atoms with van der Waals surface area (Å²) in [5.41, 5.74) is -0.852. The molecule has 0 saturated carbocycles. The Morgan fingerprint density at radius 3 is 2.47 bits per heavy atom. The van der Waals surface area contributed by atoms with E-state index in [4.69, 9.17) is 0 Å². The van der Waals surface area contributed by atoms with Crippen LogP contribution in [0, 0.1) is 0 Å². The lowest BCUT2D eigenvalue weighted by atomic mass is 10.1. The average Bonchev–Trinajstić information content (AvgIpc) is 2.53. The van der Waals surface area contributed by atoms with E-state index in [1.807, 2.05) is 0 Å². The average molecular weight is 270 g/mol. The number of hydrogen-bond donors (Lipinski definition) is 3. The van der Waals surface area contributed by atoms with Crippen LogP contribution in [0.15, 0.2) is 0 Å². The van der Waals surface area contributed by atoms with Gasteiger partial charge in [-0.05, 0) is 33.1 Å². The Morgan fingerprint density at radius 1 is 1.32 bits per heavy atom. The van der Waals surface area contributed by atoms with Crippen LogP contribution in [-0.4, -0.2) is 59.8 Å². The van der Waals surface area contributed by atoms with E-state index < -0.39 is 17.7 Å². The Balaban J connectivity index is 1.86. The van der Waals surface area contributed by atoms with Crippen molar-refractivity contribution in [1.29, 1.82) is 0 Å². The van der Waals surface area contributed by atoms with Crippen LogP contribution in [-0.2, 0) is 4.79 Å². The lowest BCUT2D eigenvalue weighted by molar-refractivity contribution is -0.907. The van der Waals surface area contributed by atoms with Gasteiger partial charge in [-0.25, -0.2) is 4.79 Å². The zero-order chi connectivity index (χ0) is 14.0. The Morgan fingerprint density at radius 2 is 1.95 bits per heavy atom. The number of aliphatic hydroxyl groups excluding tert-OH is 1. The molecule has 2 aliphatic rings. The van der Waals surface area contributed by atoms with E-state index in [0.29, 0.717) is 6.54 Å². The SMILES string of the molecule is CC1(C)NC(=O)N(C[C@@H](O)C[NH+]2CCCCC2)C1=O. The number of likely N-dealkylation sites (tertiary alicyclic amines) is 1. The predicted octanol–water partition coefficient (Wildman–Crippen LogP) is -1.25. The van der Waals surface area contributed by atoms with Gasteiger partial charge in [-0.15, -0.1) is 0 Å². The number of nitrogens with one attached hydrogen (secondary N) is 2. The molecule has 2 heterocycles. The quantitative estimate of drug-likeness (QED) is 0.559. The van der Waals surface area contributed by atoms with E-state index in [0.717, 1.165) is 18.0 Å². The third-order valence-corrected chi connectivity index (χ3v) is 3.92. The fourth-order valence-corrected chi connectivity index (χ4v) is 2.85. The molecule has 0 bridgehead atoms. The second-order valence-electron chi connectivity index (χ2n) is 6.14. The summed E-state index contributed by atoms with van der Waals surface area (Å²) < 4.78 is 0. The summed E-state index contributed by atoms with van der Waals surface area (Å²) in [4.78, 5) is 26.2. The third-order valence-electron chi connectivity index (χ3n) is 3.92. The van der Waals surface area contributed by atoms with Gasteiger partial charge in [0.1, 0.15) is 18.2 Å². The summed E-state index contributed by atoms with van der Waals surface area (Å²) in [7, 11) is 0. The fraction of sp³-hybridized carbons (Fsp3) is 0.846. The van der Waals surface area contributed by atoms with Gasteiger partial charge in [0.05, 0.1) is 19.6 Å². The molecule has 2 aliphatic heterocycles. The van der Waals surface area contributed by atoms with Crippen LogP contribution in [0.1, 0.15) is 33.1 Å². The van der Waals surface area contributed by atoms with E-state index in [-0.39, 0.29) is 12.5 Å². The van der Waals surface area contributed by atoms with Gasteiger partial charge in [0.2, 0.25) is 0 Å². The maximum atomic E-state index is 12.0. The maximum Gasteiger partial charge on any atom is 0.325 e. The van der Waals surface area contributed by atoms with Crippen molar-refractivity contribution < 1.29 is 19.6 Å². The molecule has 1 atom stereocenters. The standard InChI is InChI=1S/C13H23N3O3/c1-13(2)11(18)16(12(19)14-13)9-10(17)8-15-6-4-3-5-7-15/h10,17H,3-9H2,1-2H3,(H,14,19)/p+1/t10-/m0/s1. The Bertz CT molecular complexity index is 364. The minimum Gasteiger partial charge on any atom is -0.385 e. The number of carbonyl (C=O) groups is 2. The molecule has 0 aromatic carbocycles. The van der Waals surface area contributed by atoms with Crippen LogP contribution < -0.4 is 10.2 Å². The number of hydrogen-bond acceptors (Lipinski definition) is 3. The van der Waals surface area contributed by atoms with Crippen LogP contribution in [0.5, 0.6) is 0 Å². The van der Waals surface area contributed by atoms with Gasteiger partial charge in [-0.2, -0.15) is 0 Å². The molecule has 2 fully saturated rings. The molecule has 0 aliphatic carbocycles. The zero-order valence-corrected chi connectivity index (χ0v) is 11.7. The van der Waals surface area contributed by atoms with Gasteiger partial charge < -0.3 is 15.3 Å². The normalized spacial score (nSPS) is 25.5. The van der Waals surface area contributed by atoms with E-state index in [1.165, 1.54) is 24.2 Å². The number of urea groups is 1. The summed E-state index contributed by atoms with van der Waals surface area (Å²) in [6.45, 7) is 6.20. The molecular weight excluding hydrogens is 246 g/mol. The lowest BCUT2D eigenvalue weighted by Crippen LogP contribution is -3.14. The van der Waals surface area contributed by atoms with Crippen molar-refractivity contribution in [2.24, 2.45) is 0 Å². The minimum absolute atomic E-state index is 0.0948. The Hall–Kier alpha value is -1.14. The monoisotopic (exact) mass is 270 g/mol. The number of piperidine rings is 1. The molecule has 2 saturated heterocycles. The molecule has 2 rings (SSSR count). The zero-order valence-electron chi connectivity index (χ0n) is 11.7. The van der Waals surface area contributed by atoms with Gasteiger partial charge >= 0.3 is 6.03 Å². The summed E-state index contributed by atoms with van der Waals surface area (Å²) in [5, 5.41) is 12.7. The number of amides is 3. The first-order chi connectivity index (χ1) is 8.90. The number of carbonyl (C=O) groups excluding carboxylic acids is 2. The molecule has 6 heteroatoms. The molecule has 0 unspecified atom stereocenters. The number of β-amino-alcohol motifs (C(OH)–C–C–N with tert-alkyl or cyclic N) is 1. The molecule has 3 N–H and O–H groups in total. The highest BCUT2D eigenvalue weighted by Crippen LogP contribution is 2.16. The maximum absolute atomic E-state index is 12.0. The Kier molecular flexibility index (Phi) is 4.10. The second kappa shape index (κ2) is 5.46. The Labute approximate surface area is 113 Å². The first-order valence-electron chi connectivity index (χ1n) is 7.06. The lowest BCUT2D eigenvalue weighted by Gasteiger charge is -2.27. The van der Waals surface area contributed by atoms with Crippen LogP contribution in [0.3, 0.4) is 0 Å². The van der Waals surface area contributed by atoms with Crippen LogP contribution >= 0.6 is 0 Å². The topological polar surface area (TPSA) is 74.1 Å². The smallest absolute Gasteiger partial charge is 0.325 e. The molecule has 0 aromatic rings. The molecular formula is C13H24N3O3+. The highest BCUT2D eigenvalue weighted by Gasteiger charge is 2.44. The van der Waals surface area contributed by atoms with Gasteiger partial charge in [-0.3, -0.25) is 9.69 Å². The van der Waals surface area contributed by atoms with E-state index >= 15 is 0 Å². The van der Waals surface area contributed by atoms with Crippen molar-refractivity contribution in [2.45, 2.75) is 44.8 Å². The largest absolute Gasteiger partial charge is 0.385 e. The van der Waals surface area contributed by atoms with Crippen molar-refractivity contribution in [2.75, 3.05) is 26.2 Å². The van der Waals surface area contributed by atoms with E-state index in [2.05, 4.69) is 5.32 Å². The van der Waals surface area contributed by atoms with Crippen LogP contribution in [0.25, 0.3) is 0 Å². The van der Waals surface area contributed by atoms with Crippen LogP contribution in [0.4, 0.5) is 4.79 Å². The highest BCUT2D eigenvalue weighted by atomic mass is 16.3. The number of nitrogens with zero attached hydrogens (tertiary/aromatic N) is 1. The first kappa shape index (κ1) is 14.3. The number of aliphatic hydroxyl groups is 1.